The third-order valence-corrected chi connectivity index (χ3v) is 10.6. The number of benzene rings is 1. The third kappa shape index (κ3) is 11.3. The van der Waals surface area contributed by atoms with E-state index >= 15 is 0 Å². The zero-order valence-corrected chi connectivity index (χ0v) is 30.3. The number of nitrogens with two attached hydrogens (primary N) is 1. The van der Waals surface area contributed by atoms with Gasteiger partial charge in [0.25, 0.3) is 0 Å². The molecule has 0 radical (unpaired) electrons. The van der Waals surface area contributed by atoms with Crippen molar-refractivity contribution in [3.8, 4) is 0 Å². The summed E-state index contributed by atoms with van der Waals surface area (Å²) < 4.78 is 11.5. The number of nitrogen functional groups attached to an aromatic ring is 1. The molecule has 2 saturated heterocycles. The maximum absolute atomic E-state index is 12.8. The van der Waals surface area contributed by atoms with Crippen molar-refractivity contribution in [2.24, 2.45) is 10.8 Å². The zero-order valence-electron chi connectivity index (χ0n) is 28.7. The molecule has 0 atom stereocenters. The van der Waals surface area contributed by atoms with Gasteiger partial charge < -0.3 is 36.1 Å². The first-order valence-corrected chi connectivity index (χ1v) is 17.7. The second-order valence-electron chi connectivity index (χ2n) is 14.9. The van der Waals surface area contributed by atoms with E-state index in [0.29, 0.717) is 30.2 Å². The highest BCUT2D eigenvalue weighted by Gasteiger charge is 2.38. The Hall–Kier alpha value is -2.96. The molecule has 2 fully saturated rings. The summed E-state index contributed by atoms with van der Waals surface area (Å²) in [6.45, 7) is 16.2. The van der Waals surface area contributed by atoms with E-state index in [2.05, 4.69) is 32.8 Å². The molecule has 0 saturated carbocycles. The Bertz CT molecular complexity index is 1360. The Kier molecular flexibility index (Phi) is 12.2. The fourth-order valence-electron chi connectivity index (χ4n) is 5.94. The molecule has 4 rings (SSSR count). The van der Waals surface area contributed by atoms with Gasteiger partial charge in [0.2, 0.25) is 0 Å². The molecule has 13 heteroatoms. The van der Waals surface area contributed by atoms with Crippen LogP contribution in [0.3, 0.4) is 0 Å². The maximum atomic E-state index is 12.8. The Morgan fingerprint density at radius 3 is 2.30 bits per heavy atom. The SMILES string of the molecule is CC1(CNC(=O)OC(C)(C)CCC2(CNC(=O)OC(C)(C)C)CCN(c3cnc(Sc4cccc(N)c4Cl)cn3)CC2)CCNCC1. The van der Waals surface area contributed by atoms with Crippen LogP contribution in [0.1, 0.15) is 80.1 Å². The van der Waals surface area contributed by atoms with Gasteiger partial charge in [-0.15, -0.1) is 0 Å². The first-order chi connectivity index (χ1) is 22.1. The van der Waals surface area contributed by atoms with E-state index < -0.39 is 17.3 Å². The molecule has 1 aromatic heterocycles. The van der Waals surface area contributed by atoms with Crippen molar-refractivity contribution in [2.75, 3.05) is 49.9 Å². The summed E-state index contributed by atoms with van der Waals surface area (Å²) in [7, 11) is 0. The number of amides is 2. The average molecular weight is 690 g/mol. The first kappa shape index (κ1) is 36.9. The van der Waals surface area contributed by atoms with Crippen molar-refractivity contribution in [1.29, 1.82) is 0 Å². The number of carbonyl (C=O) groups is 2. The summed E-state index contributed by atoms with van der Waals surface area (Å²) in [5, 5.41) is 10.6. The molecule has 2 aliphatic rings. The number of carbonyl (C=O) groups excluding carboxylic acids is 2. The lowest BCUT2D eigenvalue weighted by atomic mass is 9.73. The third-order valence-electron chi connectivity index (χ3n) is 9.07. The second-order valence-corrected chi connectivity index (χ2v) is 16.3. The lowest BCUT2D eigenvalue weighted by Gasteiger charge is -2.43. The number of alkyl carbamates (subject to hydrolysis) is 2. The standard InChI is InChI=1S/C34H52ClN7O4S/c1-31(2,3)45-29(43)41-23-34(11-10-32(4,5)46-30(44)40-22-33(6)12-16-37-17-13-33)14-18-42(19-15-34)26-20-39-27(21-38-26)47-25-9-7-8-24(36)28(25)35/h7-9,20-21,37H,10-19,22-23,36H2,1-6H3,(H,40,44)(H,41,43). The summed E-state index contributed by atoms with van der Waals surface area (Å²) in [5.74, 6) is 0.796. The number of nitrogens with zero attached hydrogens (tertiary/aromatic N) is 3. The minimum Gasteiger partial charge on any atom is -0.444 e. The van der Waals surface area contributed by atoms with Crippen molar-refractivity contribution in [1.82, 2.24) is 25.9 Å². The molecule has 0 bridgehead atoms. The highest BCUT2D eigenvalue weighted by molar-refractivity contribution is 7.99. The molecule has 2 amide bonds. The fourth-order valence-corrected chi connectivity index (χ4v) is 6.97. The van der Waals surface area contributed by atoms with Crippen LogP contribution in [0.25, 0.3) is 0 Å². The van der Waals surface area contributed by atoms with Crippen LogP contribution in [-0.4, -0.2) is 72.6 Å². The normalized spacial score (nSPS) is 17.9. The minimum absolute atomic E-state index is 0.0769. The number of nitrogens with one attached hydrogen (secondary N) is 3. The average Bonchev–Trinajstić information content (AvgIpc) is 3.01. The summed E-state index contributed by atoms with van der Waals surface area (Å²) >= 11 is 7.78. The topological polar surface area (TPSA) is 144 Å². The van der Waals surface area contributed by atoms with Gasteiger partial charge in [0, 0.05) is 31.1 Å². The molecule has 47 heavy (non-hydrogen) atoms. The van der Waals surface area contributed by atoms with Crippen molar-refractivity contribution < 1.29 is 19.1 Å². The lowest BCUT2D eigenvalue weighted by molar-refractivity contribution is 0.0153. The molecule has 3 heterocycles. The van der Waals surface area contributed by atoms with Crippen LogP contribution in [-0.2, 0) is 9.47 Å². The van der Waals surface area contributed by atoms with Crippen LogP contribution >= 0.6 is 23.4 Å². The smallest absolute Gasteiger partial charge is 0.407 e. The number of rotatable bonds is 11. The van der Waals surface area contributed by atoms with Gasteiger partial charge in [-0.25, -0.2) is 19.6 Å². The quantitative estimate of drug-likeness (QED) is 0.189. The van der Waals surface area contributed by atoms with Gasteiger partial charge in [0.15, 0.2) is 0 Å². The summed E-state index contributed by atoms with van der Waals surface area (Å²) in [4.78, 5) is 37.8. The minimum atomic E-state index is -0.680. The predicted molar refractivity (Wildman–Crippen MR) is 188 cm³/mol. The van der Waals surface area contributed by atoms with Gasteiger partial charge in [-0.1, -0.05) is 36.4 Å². The molecule has 2 aliphatic heterocycles. The monoisotopic (exact) mass is 689 g/mol. The van der Waals surface area contributed by atoms with Crippen molar-refractivity contribution in [2.45, 2.75) is 101 Å². The van der Waals surface area contributed by atoms with E-state index in [4.69, 9.17) is 31.8 Å². The number of aromatic nitrogens is 2. The van der Waals surface area contributed by atoms with E-state index in [1.54, 1.807) is 18.5 Å². The van der Waals surface area contributed by atoms with Gasteiger partial charge in [0.05, 0.1) is 23.1 Å². The molecule has 0 spiro atoms. The molecule has 5 N–H and O–H groups in total. The summed E-state index contributed by atoms with van der Waals surface area (Å²) in [6.07, 6.45) is 7.81. The van der Waals surface area contributed by atoms with Crippen molar-refractivity contribution in [3.63, 3.8) is 0 Å². The van der Waals surface area contributed by atoms with Gasteiger partial charge in [0.1, 0.15) is 22.0 Å². The number of piperidine rings is 2. The van der Waals surface area contributed by atoms with E-state index in [9.17, 15) is 9.59 Å². The Morgan fingerprint density at radius 2 is 1.66 bits per heavy atom. The lowest BCUT2D eigenvalue weighted by Crippen LogP contribution is -2.48. The predicted octanol–water partition coefficient (Wildman–Crippen LogP) is 6.65. The molecule has 0 aliphatic carbocycles. The number of hydrogen-bond donors (Lipinski definition) is 4. The van der Waals surface area contributed by atoms with Gasteiger partial charge in [-0.2, -0.15) is 0 Å². The molecule has 2 aromatic rings. The molecule has 11 nitrogen and oxygen atoms in total. The molecule has 0 unspecified atom stereocenters. The van der Waals surface area contributed by atoms with Crippen LogP contribution in [0, 0.1) is 10.8 Å². The van der Waals surface area contributed by atoms with E-state index in [1.165, 1.54) is 11.8 Å². The first-order valence-electron chi connectivity index (χ1n) is 16.5. The maximum Gasteiger partial charge on any atom is 0.407 e. The van der Waals surface area contributed by atoms with Crippen LogP contribution in [0.5, 0.6) is 0 Å². The number of anilines is 2. The highest BCUT2D eigenvalue weighted by atomic mass is 35.5. The zero-order chi connectivity index (χ0) is 34.3. The molecular formula is C34H52ClN7O4S. The summed E-state index contributed by atoms with van der Waals surface area (Å²) in [6, 6.07) is 5.53. The highest BCUT2D eigenvalue weighted by Crippen LogP contribution is 2.40. The largest absolute Gasteiger partial charge is 0.444 e. The number of hydrogen-bond acceptors (Lipinski definition) is 10. The van der Waals surface area contributed by atoms with Crippen LogP contribution < -0.4 is 26.6 Å². The Morgan fingerprint density at radius 1 is 1.00 bits per heavy atom. The number of ether oxygens (including phenoxy) is 2. The summed E-state index contributed by atoms with van der Waals surface area (Å²) in [5.41, 5.74) is 5.08. The van der Waals surface area contributed by atoms with Gasteiger partial charge in [-0.05, 0) is 109 Å². The molecule has 260 valence electrons. The van der Waals surface area contributed by atoms with E-state index in [0.717, 1.165) is 74.0 Å². The van der Waals surface area contributed by atoms with Crippen LogP contribution in [0.15, 0.2) is 40.5 Å². The molecule has 1 aromatic carbocycles. The van der Waals surface area contributed by atoms with Crippen molar-refractivity contribution in [3.05, 3.63) is 35.6 Å². The fraction of sp³-hybridized carbons (Fsp3) is 0.647. The van der Waals surface area contributed by atoms with Gasteiger partial charge in [-0.3, -0.25) is 0 Å². The molecular weight excluding hydrogens is 638 g/mol. The Balaban J connectivity index is 1.36. The number of halogens is 1. The van der Waals surface area contributed by atoms with Gasteiger partial charge >= 0.3 is 12.2 Å². The second kappa shape index (κ2) is 15.5. The Labute approximate surface area is 288 Å². The van der Waals surface area contributed by atoms with Crippen molar-refractivity contribution >= 4 is 47.1 Å². The van der Waals surface area contributed by atoms with E-state index in [-0.39, 0.29) is 16.9 Å². The van der Waals surface area contributed by atoms with E-state index in [1.807, 2.05) is 46.8 Å². The van der Waals surface area contributed by atoms with Crippen LogP contribution in [0.4, 0.5) is 21.1 Å². The van der Waals surface area contributed by atoms with Crippen LogP contribution in [0.2, 0.25) is 5.02 Å².